The Kier molecular flexibility index (Phi) is 8.02. The number of methoxy groups -OCH3 is 1. The first-order valence-electron chi connectivity index (χ1n) is 8.99. The molecule has 7 heteroatoms. The number of benzene rings is 2. The van der Waals surface area contributed by atoms with Crippen molar-refractivity contribution in [1.29, 1.82) is 0 Å². The minimum atomic E-state index is -1.20. The summed E-state index contributed by atoms with van der Waals surface area (Å²) in [7, 11) is 1.59. The lowest BCUT2D eigenvalue weighted by Crippen LogP contribution is -2.42. The van der Waals surface area contributed by atoms with Gasteiger partial charge in [0.05, 0.1) is 7.11 Å². The van der Waals surface area contributed by atoms with E-state index in [1.165, 1.54) is 0 Å². The largest absolute Gasteiger partial charge is 0.497 e. The Labute approximate surface area is 164 Å². The van der Waals surface area contributed by atoms with Gasteiger partial charge in [-0.3, -0.25) is 14.9 Å². The quantitative estimate of drug-likeness (QED) is 0.683. The zero-order chi connectivity index (χ0) is 20.4. The van der Waals surface area contributed by atoms with Crippen LogP contribution in [0.3, 0.4) is 0 Å². The molecule has 0 heterocycles. The van der Waals surface area contributed by atoms with Crippen LogP contribution in [0.2, 0.25) is 0 Å². The highest BCUT2D eigenvalue weighted by molar-refractivity contribution is 5.97. The SMILES string of the molecule is CCNC(=O)NC(=O)[C@@H](OC(=O)CCc1ccc(OC)cc1)c1ccccc1. The van der Waals surface area contributed by atoms with Gasteiger partial charge in [0.15, 0.2) is 0 Å². The van der Waals surface area contributed by atoms with Crippen molar-refractivity contribution in [2.45, 2.75) is 25.9 Å². The number of esters is 1. The number of amides is 3. The van der Waals surface area contributed by atoms with Gasteiger partial charge in [0.25, 0.3) is 5.91 Å². The van der Waals surface area contributed by atoms with Crippen LogP contribution in [0.4, 0.5) is 4.79 Å². The van der Waals surface area contributed by atoms with E-state index in [4.69, 9.17) is 9.47 Å². The van der Waals surface area contributed by atoms with Crippen molar-refractivity contribution in [1.82, 2.24) is 10.6 Å². The summed E-state index contributed by atoms with van der Waals surface area (Å²) in [5, 5.41) is 4.66. The predicted octanol–water partition coefficient (Wildman–Crippen LogP) is 2.76. The molecule has 0 radical (unpaired) electrons. The van der Waals surface area contributed by atoms with Crippen LogP contribution in [0.25, 0.3) is 0 Å². The molecule has 2 rings (SSSR count). The highest BCUT2D eigenvalue weighted by Crippen LogP contribution is 2.19. The molecule has 0 aliphatic heterocycles. The molecule has 148 valence electrons. The molecule has 0 aliphatic rings. The van der Waals surface area contributed by atoms with Gasteiger partial charge in [-0.1, -0.05) is 42.5 Å². The first-order chi connectivity index (χ1) is 13.5. The van der Waals surface area contributed by atoms with Crippen molar-refractivity contribution in [3.63, 3.8) is 0 Å². The summed E-state index contributed by atoms with van der Waals surface area (Å²) in [6.45, 7) is 2.11. The summed E-state index contributed by atoms with van der Waals surface area (Å²) in [5.74, 6) is -0.497. The second-order valence-corrected chi connectivity index (χ2v) is 5.98. The number of hydrogen-bond acceptors (Lipinski definition) is 5. The summed E-state index contributed by atoms with van der Waals surface area (Å²) in [5.41, 5.74) is 1.43. The van der Waals surface area contributed by atoms with E-state index in [-0.39, 0.29) is 6.42 Å². The fourth-order valence-corrected chi connectivity index (χ4v) is 2.51. The molecule has 7 nitrogen and oxygen atoms in total. The number of rotatable bonds is 8. The van der Waals surface area contributed by atoms with Crippen LogP contribution in [0.1, 0.15) is 30.6 Å². The topological polar surface area (TPSA) is 93.7 Å². The molecule has 0 unspecified atom stereocenters. The molecule has 2 N–H and O–H groups in total. The van der Waals surface area contributed by atoms with Gasteiger partial charge < -0.3 is 14.8 Å². The lowest BCUT2D eigenvalue weighted by Gasteiger charge is -2.17. The Bertz CT molecular complexity index is 790. The number of carbonyl (C=O) groups is 3. The van der Waals surface area contributed by atoms with Crippen LogP contribution < -0.4 is 15.4 Å². The van der Waals surface area contributed by atoms with Gasteiger partial charge in [-0.15, -0.1) is 0 Å². The average Bonchev–Trinajstić information content (AvgIpc) is 2.71. The first-order valence-corrected chi connectivity index (χ1v) is 8.99. The highest BCUT2D eigenvalue weighted by atomic mass is 16.5. The minimum absolute atomic E-state index is 0.101. The predicted molar refractivity (Wildman–Crippen MR) is 104 cm³/mol. The van der Waals surface area contributed by atoms with Gasteiger partial charge in [0.2, 0.25) is 6.10 Å². The third-order valence-corrected chi connectivity index (χ3v) is 3.94. The molecule has 0 saturated heterocycles. The van der Waals surface area contributed by atoms with E-state index < -0.39 is 24.0 Å². The number of ether oxygens (including phenoxy) is 2. The van der Waals surface area contributed by atoms with Gasteiger partial charge in [-0.2, -0.15) is 0 Å². The van der Waals surface area contributed by atoms with Crippen molar-refractivity contribution in [3.8, 4) is 5.75 Å². The molecular formula is C21H24N2O5. The van der Waals surface area contributed by atoms with E-state index in [1.54, 1.807) is 44.4 Å². The molecule has 0 spiro atoms. The second kappa shape index (κ2) is 10.7. The number of nitrogens with one attached hydrogen (secondary N) is 2. The Balaban J connectivity index is 2.01. The summed E-state index contributed by atoms with van der Waals surface area (Å²) in [4.78, 5) is 36.4. The molecule has 2 aromatic rings. The van der Waals surface area contributed by atoms with E-state index in [0.717, 1.165) is 11.3 Å². The van der Waals surface area contributed by atoms with Crippen molar-refractivity contribution in [3.05, 3.63) is 65.7 Å². The Morgan fingerprint density at radius 2 is 1.68 bits per heavy atom. The number of carbonyl (C=O) groups excluding carboxylic acids is 3. The van der Waals surface area contributed by atoms with Crippen molar-refractivity contribution < 1.29 is 23.9 Å². The van der Waals surface area contributed by atoms with Crippen molar-refractivity contribution >= 4 is 17.9 Å². The molecule has 0 fully saturated rings. The van der Waals surface area contributed by atoms with Crippen molar-refractivity contribution in [2.24, 2.45) is 0 Å². The molecule has 1 atom stereocenters. The monoisotopic (exact) mass is 384 g/mol. The number of urea groups is 1. The number of hydrogen-bond donors (Lipinski definition) is 2. The zero-order valence-corrected chi connectivity index (χ0v) is 15.9. The minimum Gasteiger partial charge on any atom is -0.497 e. The molecular weight excluding hydrogens is 360 g/mol. The summed E-state index contributed by atoms with van der Waals surface area (Å²) < 4.78 is 10.5. The second-order valence-electron chi connectivity index (χ2n) is 5.98. The lowest BCUT2D eigenvalue weighted by molar-refractivity contribution is -0.156. The Hall–Kier alpha value is -3.35. The van der Waals surface area contributed by atoms with Crippen LogP contribution >= 0.6 is 0 Å². The third-order valence-electron chi connectivity index (χ3n) is 3.94. The van der Waals surface area contributed by atoms with Crippen molar-refractivity contribution in [2.75, 3.05) is 13.7 Å². The van der Waals surface area contributed by atoms with E-state index in [1.807, 2.05) is 24.3 Å². The first kappa shape index (κ1) is 21.0. The van der Waals surface area contributed by atoms with E-state index in [9.17, 15) is 14.4 Å². The maximum atomic E-state index is 12.4. The fraction of sp³-hybridized carbons (Fsp3) is 0.286. The van der Waals surface area contributed by atoms with Gasteiger partial charge in [-0.25, -0.2) is 4.79 Å². The maximum absolute atomic E-state index is 12.4. The van der Waals surface area contributed by atoms with Crippen LogP contribution in [0.5, 0.6) is 5.75 Å². The summed E-state index contributed by atoms with van der Waals surface area (Å²) in [6, 6.07) is 15.3. The summed E-state index contributed by atoms with van der Waals surface area (Å²) >= 11 is 0. The molecule has 0 bridgehead atoms. The van der Waals surface area contributed by atoms with Gasteiger partial charge in [0.1, 0.15) is 5.75 Å². The van der Waals surface area contributed by atoms with Crippen LogP contribution in [0, 0.1) is 0 Å². The van der Waals surface area contributed by atoms with Gasteiger partial charge in [0, 0.05) is 18.5 Å². The molecule has 0 aromatic heterocycles. The third kappa shape index (κ3) is 6.42. The van der Waals surface area contributed by atoms with E-state index in [2.05, 4.69) is 10.6 Å². The van der Waals surface area contributed by atoms with E-state index in [0.29, 0.717) is 18.5 Å². The van der Waals surface area contributed by atoms with Gasteiger partial charge in [-0.05, 0) is 31.0 Å². The standard InChI is InChI=1S/C21H24N2O5/c1-3-22-21(26)23-20(25)19(16-7-5-4-6-8-16)28-18(24)14-11-15-9-12-17(27-2)13-10-15/h4-10,12-13,19H,3,11,14H2,1-2H3,(H2,22,23,25,26)/t19-/m0/s1. The average molecular weight is 384 g/mol. The molecule has 2 aromatic carbocycles. The fourth-order valence-electron chi connectivity index (χ4n) is 2.51. The smallest absolute Gasteiger partial charge is 0.321 e. The molecule has 28 heavy (non-hydrogen) atoms. The lowest BCUT2D eigenvalue weighted by atomic mass is 10.1. The zero-order valence-electron chi connectivity index (χ0n) is 15.9. The normalized spacial score (nSPS) is 11.2. The van der Waals surface area contributed by atoms with Crippen LogP contribution in [0.15, 0.2) is 54.6 Å². The van der Waals surface area contributed by atoms with Crippen LogP contribution in [-0.2, 0) is 20.7 Å². The van der Waals surface area contributed by atoms with E-state index >= 15 is 0 Å². The Morgan fingerprint density at radius 3 is 2.29 bits per heavy atom. The summed E-state index contributed by atoms with van der Waals surface area (Å²) in [6.07, 6.45) is -0.640. The molecule has 0 saturated carbocycles. The number of imide groups is 1. The van der Waals surface area contributed by atoms with Crippen LogP contribution in [-0.4, -0.2) is 31.6 Å². The molecule has 0 aliphatic carbocycles. The number of aryl methyl sites for hydroxylation is 1. The Morgan fingerprint density at radius 1 is 1.00 bits per heavy atom. The highest BCUT2D eigenvalue weighted by Gasteiger charge is 2.26. The van der Waals surface area contributed by atoms with Gasteiger partial charge >= 0.3 is 12.0 Å². The maximum Gasteiger partial charge on any atom is 0.321 e. The molecule has 3 amide bonds.